The van der Waals surface area contributed by atoms with Gasteiger partial charge in [-0.15, -0.1) is 0 Å². The van der Waals surface area contributed by atoms with Gasteiger partial charge in [-0.2, -0.15) is 0 Å². The van der Waals surface area contributed by atoms with Gasteiger partial charge in [-0.3, -0.25) is 9.59 Å². The molecule has 0 spiro atoms. The number of nitrogens with one attached hydrogen (secondary N) is 1. The number of para-hydroxylation sites is 1. The Hall–Kier alpha value is -3.71. The van der Waals surface area contributed by atoms with Crippen LogP contribution in [0.5, 0.6) is 0 Å². The second-order valence-electron chi connectivity index (χ2n) is 8.22. The molecule has 2 atom stereocenters. The molecule has 34 heavy (non-hydrogen) atoms. The third-order valence-corrected chi connectivity index (χ3v) is 7.13. The molecule has 7 heteroatoms. The fourth-order valence-electron chi connectivity index (χ4n) is 3.99. The summed E-state index contributed by atoms with van der Waals surface area (Å²) in [5.41, 5.74) is 4.27. The minimum Gasteiger partial charge on any atom is -0.325 e. The van der Waals surface area contributed by atoms with Crippen molar-refractivity contribution in [2.75, 3.05) is 5.32 Å². The van der Waals surface area contributed by atoms with Crippen molar-refractivity contribution in [3.63, 3.8) is 0 Å². The zero-order valence-electron chi connectivity index (χ0n) is 18.9. The van der Waals surface area contributed by atoms with Gasteiger partial charge in [0.05, 0.1) is 10.9 Å². The van der Waals surface area contributed by atoms with E-state index >= 15 is 0 Å². The molecule has 5 rings (SSSR count). The highest BCUT2D eigenvalue weighted by atomic mass is 32.2. The van der Waals surface area contributed by atoms with Crippen LogP contribution in [0.2, 0.25) is 0 Å². The van der Waals surface area contributed by atoms with Crippen LogP contribution in [0.3, 0.4) is 0 Å². The minimum atomic E-state index is -0.630. The van der Waals surface area contributed by atoms with Crippen molar-refractivity contribution >= 4 is 46.0 Å². The van der Waals surface area contributed by atoms with Crippen LogP contribution < -0.4 is 5.32 Å². The van der Waals surface area contributed by atoms with E-state index in [9.17, 15) is 9.59 Å². The van der Waals surface area contributed by atoms with Gasteiger partial charge >= 0.3 is 0 Å². The summed E-state index contributed by atoms with van der Waals surface area (Å²) < 4.78 is 0. The van der Waals surface area contributed by atoms with Gasteiger partial charge in [0.1, 0.15) is 5.84 Å². The first-order chi connectivity index (χ1) is 16.5. The van der Waals surface area contributed by atoms with Crippen LogP contribution in [0.15, 0.2) is 88.8 Å². The summed E-state index contributed by atoms with van der Waals surface area (Å²) >= 11 is 1.30. The van der Waals surface area contributed by atoms with Crippen molar-refractivity contribution in [2.24, 2.45) is 9.98 Å². The summed E-state index contributed by atoms with van der Waals surface area (Å²) in [4.78, 5) is 37.8. The maximum atomic E-state index is 13.5. The second kappa shape index (κ2) is 9.27. The first kappa shape index (κ1) is 22.1. The molecular weight excluding hydrogens is 444 g/mol. The number of rotatable bonds is 5. The van der Waals surface area contributed by atoms with Crippen molar-refractivity contribution in [1.29, 1.82) is 0 Å². The highest BCUT2D eigenvalue weighted by Gasteiger charge is 2.43. The number of fused-ring (bicyclic) bond motifs is 3. The predicted molar refractivity (Wildman–Crippen MR) is 138 cm³/mol. The van der Waals surface area contributed by atoms with Gasteiger partial charge in [-0.05, 0) is 43.2 Å². The molecule has 0 unspecified atom stereocenters. The minimum absolute atomic E-state index is 0.123. The van der Waals surface area contributed by atoms with E-state index in [1.165, 1.54) is 11.8 Å². The van der Waals surface area contributed by atoms with Crippen molar-refractivity contribution < 1.29 is 9.59 Å². The average molecular weight is 469 g/mol. The van der Waals surface area contributed by atoms with Gasteiger partial charge in [0.25, 0.3) is 5.91 Å². The lowest BCUT2D eigenvalue weighted by Gasteiger charge is -2.27. The van der Waals surface area contributed by atoms with Crippen LogP contribution >= 0.6 is 11.8 Å². The zero-order valence-corrected chi connectivity index (χ0v) is 19.8. The van der Waals surface area contributed by atoms with Gasteiger partial charge in [-0.1, -0.05) is 78.8 Å². The number of hydrogen-bond donors (Lipinski definition) is 1. The van der Waals surface area contributed by atoms with E-state index in [1.54, 1.807) is 4.90 Å². The quantitative estimate of drug-likeness (QED) is 0.539. The summed E-state index contributed by atoms with van der Waals surface area (Å²) in [6.07, 6.45) is 0.583. The zero-order chi connectivity index (χ0) is 23.7. The second-order valence-corrected chi connectivity index (χ2v) is 9.39. The van der Waals surface area contributed by atoms with Crippen LogP contribution in [0.25, 0.3) is 0 Å². The summed E-state index contributed by atoms with van der Waals surface area (Å²) in [5, 5.41) is 3.04. The number of carbonyl (C=O) groups excluding carboxylic acids is 2. The van der Waals surface area contributed by atoms with Crippen molar-refractivity contribution in [2.45, 2.75) is 31.6 Å². The Kier molecular flexibility index (Phi) is 6.02. The molecule has 0 saturated heterocycles. The number of thioether (sulfide) groups is 1. The number of anilines is 1. The highest BCUT2D eigenvalue weighted by Crippen LogP contribution is 2.38. The summed E-state index contributed by atoms with van der Waals surface area (Å²) in [7, 11) is 0. The maximum Gasteiger partial charge on any atom is 0.263 e. The Bertz CT molecular complexity index is 1300. The van der Waals surface area contributed by atoms with Crippen LogP contribution in [0.4, 0.5) is 11.4 Å². The molecular formula is C27H24N4O2S. The van der Waals surface area contributed by atoms with Crippen LogP contribution in [-0.4, -0.2) is 33.0 Å². The molecule has 0 radical (unpaired) electrons. The number of amidine groups is 2. The van der Waals surface area contributed by atoms with E-state index in [4.69, 9.17) is 9.98 Å². The van der Waals surface area contributed by atoms with E-state index in [2.05, 4.69) is 5.32 Å². The van der Waals surface area contributed by atoms with Gasteiger partial charge in [0, 0.05) is 11.3 Å². The Balaban J connectivity index is 1.45. The van der Waals surface area contributed by atoms with E-state index in [1.807, 2.05) is 92.7 Å². The molecule has 2 aliphatic rings. The first-order valence-electron chi connectivity index (χ1n) is 11.2. The van der Waals surface area contributed by atoms with Crippen molar-refractivity contribution in [3.05, 3.63) is 95.6 Å². The number of nitrogens with zero attached hydrogens (tertiary/aromatic N) is 3. The summed E-state index contributed by atoms with van der Waals surface area (Å²) in [5.74, 6) is 0.305. The topological polar surface area (TPSA) is 74.1 Å². The SMILES string of the molecule is CC[C@@H](SC1=Nc2ccccc2C2=N[C@H](c3ccccc3)C(=O)N12)C(=O)Nc1ccc(C)cc1. The largest absolute Gasteiger partial charge is 0.325 e. The number of aliphatic imine (C=N–C) groups is 2. The number of aryl methyl sites for hydroxylation is 1. The molecule has 2 aliphatic heterocycles. The van der Waals surface area contributed by atoms with Crippen molar-refractivity contribution in [3.8, 4) is 0 Å². The van der Waals surface area contributed by atoms with E-state index < -0.39 is 11.3 Å². The lowest BCUT2D eigenvalue weighted by atomic mass is 10.1. The Morgan fingerprint density at radius 3 is 2.47 bits per heavy atom. The first-order valence-corrected chi connectivity index (χ1v) is 12.1. The fourth-order valence-corrected chi connectivity index (χ4v) is 5.01. The molecule has 2 heterocycles. The Morgan fingerprint density at radius 1 is 1.03 bits per heavy atom. The average Bonchev–Trinajstić information content (AvgIpc) is 3.22. The summed E-state index contributed by atoms with van der Waals surface area (Å²) in [6, 6.07) is 24.3. The molecule has 0 aromatic heterocycles. The third-order valence-electron chi connectivity index (χ3n) is 5.82. The lowest BCUT2D eigenvalue weighted by Crippen LogP contribution is -2.41. The van der Waals surface area contributed by atoms with Gasteiger partial charge in [0.2, 0.25) is 5.91 Å². The molecule has 0 saturated carbocycles. The van der Waals surface area contributed by atoms with Crippen LogP contribution in [-0.2, 0) is 9.59 Å². The number of hydrogen-bond acceptors (Lipinski definition) is 5. The van der Waals surface area contributed by atoms with Gasteiger partial charge < -0.3 is 5.32 Å². The van der Waals surface area contributed by atoms with Gasteiger partial charge in [0.15, 0.2) is 11.2 Å². The Morgan fingerprint density at radius 2 is 1.74 bits per heavy atom. The maximum absolute atomic E-state index is 13.5. The number of carbonyl (C=O) groups is 2. The molecule has 0 fully saturated rings. The molecule has 0 bridgehead atoms. The normalized spacial score (nSPS) is 17.4. The van der Waals surface area contributed by atoms with Gasteiger partial charge in [-0.25, -0.2) is 14.9 Å². The van der Waals surface area contributed by atoms with Crippen LogP contribution in [0.1, 0.15) is 36.1 Å². The smallest absolute Gasteiger partial charge is 0.263 e. The fraction of sp³-hybridized carbons (Fsp3) is 0.185. The molecule has 3 aromatic carbocycles. The third kappa shape index (κ3) is 4.15. The van der Waals surface area contributed by atoms with Crippen molar-refractivity contribution in [1.82, 2.24) is 4.90 Å². The summed E-state index contributed by atoms with van der Waals surface area (Å²) in [6.45, 7) is 3.96. The molecule has 2 amide bonds. The van der Waals surface area contributed by atoms with E-state index in [0.717, 1.165) is 28.1 Å². The predicted octanol–water partition coefficient (Wildman–Crippen LogP) is 5.48. The number of amides is 2. The van der Waals surface area contributed by atoms with E-state index in [-0.39, 0.29) is 11.8 Å². The standard InChI is InChI=1S/C27H24N4O2S/c1-3-22(25(32)28-19-15-13-17(2)14-16-19)34-27-29-21-12-8-7-11-20(21)24-30-23(26(33)31(24)27)18-9-5-4-6-10-18/h4-16,22-23H,3H2,1-2H3,(H,28,32)/t22-,23-/m1/s1. The highest BCUT2D eigenvalue weighted by molar-refractivity contribution is 8.15. The number of benzene rings is 3. The molecule has 0 aliphatic carbocycles. The lowest BCUT2D eigenvalue weighted by molar-refractivity contribution is -0.124. The van der Waals surface area contributed by atoms with Crippen LogP contribution in [0, 0.1) is 6.92 Å². The molecule has 6 nitrogen and oxygen atoms in total. The molecule has 1 N–H and O–H groups in total. The Labute approximate surface area is 202 Å². The molecule has 170 valence electrons. The monoisotopic (exact) mass is 468 g/mol. The molecule has 3 aromatic rings. The van der Waals surface area contributed by atoms with E-state index in [0.29, 0.717) is 17.4 Å².